The van der Waals surface area contributed by atoms with E-state index in [0.29, 0.717) is 30.3 Å². The Bertz CT molecular complexity index is 614. The molecule has 0 fully saturated rings. The summed E-state index contributed by atoms with van der Waals surface area (Å²) in [6.07, 6.45) is 2.10. The van der Waals surface area contributed by atoms with Gasteiger partial charge in [0.15, 0.2) is 11.5 Å². The van der Waals surface area contributed by atoms with Crippen molar-refractivity contribution in [2.45, 2.75) is 19.9 Å². The zero-order chi connectivity index (χ0) is 15.1. The molecule has 0 bridgehead atoms. The van der Waals surface area contributed by atoms with Crippen LogP contribution in [0.15, 0.2) is 42.6 Å². The zero-order valence-corrected chi connectivity index (χ0v) is 12.1. The number of para-hydroxylation sites is 2. The summed E-state index contributed by atoms with van der Waals surface area (Å²) in [5.41, 5.74) is 0.810. The van der Waals surface area contributed by atoms with Gasteiger partial charge in [-0.1, -0.05) is 25.1 Å². The lowest BCUT2D eigenvalue weighted by Crippen LogP contribution is -2.21. The summed E-state index contributed by atoms with van der Waals surface area (Å²) in [6.45, 7) is 2.19. The minimum atomic E-state index is -0.0119. The molecule has 0 aliphatic heterocycles. The number of pyridine rings is 1. The van der Waals surface area contributed by atoms with E-state index in [1.807, 2.05) is 43.3 Å². The Labute approximate surface area is 123 Å². The highest BCUT2D eigenvalue weighted by molar-refractivity contribution is 5.75. The minimum Gasteiger partial charge on any atom is -0.493 e. The summed E-state index contributed by atoms with van der Waals surface area (Å²) >= 11 is 0. The predicted octanol–water partition coefficient (Wildman–Crippen LogP) is 2.91. The lowest BCUT2D eigenvalue weighted by Gasteiger charge is -2.12. The Balaban J connectivity index is 2.18. The van der Waals surface area contributed by atoms with Crippen LogP contribution in [-0.4, -0.2) is 18.0 Å². The van der Waals surface area contributed by atoms with Crippen molar-refractivity contribution in [3.8, 4) is 17.4 Å². The van der Waals surface area contributed by atoms with E-state index in [9.17, 15) is 4.79 Å². The van der Waals surface area contributed by atoms with Crippen LogP contribution in [0.2, 0.25) is 0 Å². The molecular formula is C16H18N2O3. The third-order valence-corrected chi connectivity index (χ3v) is 2.92. The minimum absolute atomic E-state index is 0.0119. The molecule has 0 radical (unpaired) electrons. The van der Waals surface area contributed by atoms with E-state index in [0.717, 1.165) is 5.56 Å². The molecule has 0 unspecified atom stereocenters. The van der Waals surface area contributed by atoms with E-state index in [-0.39, 0.29) is 5.91 Å². The van der Waals surface area contributed by atoms with Gasteiger partial charge in [-0.3, -0.25) is 4.79 Å². The van der Waals surface area contributed by atoms with Crippen molar-refractivity contribution in [1.82, 2.24) is 10.3 Å². The molecule has 0 atom stereocenters. The Morgan fingerprint density at radius 3 is 2.67 bits per heavy atom. The van der Waals surface area contributed by atoms with E-state index in [4.69, 9.17) is 9.47 Å². The molecule has 1 heterocycles. The molecular weight excluding hydrogens is 268 g/mol. The fraction of sp³-hybridized carbons (Fsp3) is 0.250. The smallest absolute Gasteiger partial charge is 0.224 e. The fourth-order valence-corrected chi connectivity index (χ4v) is 1.78. The van der Waals surface area contributed by atoms with Crippen LogP contribution in [0.3, 0.4) is 0 Å². The van der Waals surface area contributed by atoms with Gasteiger partial charge in [0.1, 0.15) is 0 Å². The number of amides is 1. The van der Waals surface area contributed by atoms with Crippen LogP contribution in [0.25, 0.3) is 0 Å². The number of hydrogen-bond donors (Lipinski definition) is 1. The highest BCUT2D eigenvalue weighted by Crippen LogP contribution is 2.31. The molecule has 2 aromatic rings. The van der Waals surface area contributed by atoms with Crippen LogP contribution < -0.4 is 14.8 Å². The maximum Gasteiger partial charge on any atom is 0.224 e. The Morgan fingerprint density at radius 2 is 1.95 bits per heavy atom. The standard InChI is InChI=1S/C16H18N2O3/c1-3-15(19)18-11-12-7-6-10-17-16(12)21-14-9-5-4-8-13(14)20-2/h4-10H,3,11H2,1-2H3,(H,18,19). The highest BCUT2D eigenvalue weighted by Gasteiger charge is 2.10. The van der Waals surface area contributed by atoms with E-state index in [1.54, 1.807) is 13.3 Å². The van der Waals surface area contributed by atoms with Crippen LogP contribution in [0.4, 0.5) is 0 Å². The first-order valence-corrected chi connectivity index (χ1v) is 6.76. The Kier molecular flexibility index (Phi) is 5.15. The van der Waals surface area contributed by atoms with Gasteiger partial charge in [0.2, 0.25) is 11.8 Å². The zero-order valence-electron chi connectivity index (χ0n) is 12.1. The second-order valence-electron chi connectivity index (χ2n) is 4.35. The van der Waals surface area contributed by atoms with Crippen molar-refractivity contribution in [1.29, 1.82) is 0 Å². The van der Waals surface area contributed by atoms with E-state index in [2.05, 4.69) is 10.3 Å². The molecule has 1 amide bonds. The molecule has 110 valence electrons. The van der Waals surface area contributed by atoms with Gasteiger partial charge in [0.05, 0.1) is 7.11 Å². The molecule has 2 rings (SSSR count). The SMILES string of the molecule is CCC(=O)NCc1cccnc1Oc1ccccc1OC. The van der Waals surface area contributed by atoms with Crippen LogP contribution in [0, 0.1) is 0 Å². The average molecular weight is 286 g/mol. The van der Waals surface area contributed by atoms with Gasteiger partial charge in [-0.25, -0.2) is 4.98 Å². The van der Waals surface area contributed by atoms with Crippen LogP contribution >= 0.6 is 0 Å². The normalized spacial score (nSPS) is 10.0. The fourth-order valence-electron chi connectivity index (χ4n) is 1.78. The molecule has 0 aliphatic rings. The summed E-state index contributed by atoms with van der Waals surface area (Å²) in [5.74, 6) is 1.66. The van der Waals surface area contributed by atoms with Gasteiger partial charge in [-0.2, -0.15) is 0 Å². The van der Waals surface area contributed by atoms with Crippen molar-refractivity contribution in [2.24, 2.45) is 0 Å². The number of carbonyl (C=O) groups excluding carboxylic acids is 1. The van der Waals surface area contributed by atoms with Crippen molar-refractivity contribution in [3.63, 3.8) is 0 Å². The number of hydrogen-bond acceptors (Lipinski definition) is 4. The van der Waals surface area contributed by atoms with Gasteiger partial charge in [-0.05, 0) is 18.2 Å². The second-order valence-corrected chi connectivity index (χ2v) is 4.35. The van der Waals surface area contributed by atoms with E-state index < -0.39 is 0 Å². The maximum atomic E-state index is 11.4. The Hall–Kier alpha value is -2.56. The molecule has 5 heteroatoms. The number of methoxy groups -OCH3 is 1. The summed E-state index contributed by atoms with van der Waals surface area (Å²) in [5, 5.41) is 2.81. The van der Waals surface area contributed by atoms with Gasteiger partial charge in [0.25, 0.3) is 0 Å². The van der Waals surface area contributed by atoms with Crippen molar-refractivity contribution < 1.29 is 14.3 Å². The molecule has 0 saturated carbocycles. The number of carbonyl (C=O) groups is 1. The summed E-state index contributed by atoms with van der Waals surface area (Å²) in [4.78, 5) is 15.6. The first-order chi connectivity index (χ1) is 10.2. The number of benzene rings is 1. The van der Waals surface area contributed by atoms with Crippen molar-refractivity contribution in [2.75, 3.05) is 7.11 Å². The molecule has 0 aliphatic carbocycles. The molecule has 1 aromatic carbocycles. The molecule has 0 saturated heterocycles. The molecule has 0 spiro atoms. The predicted molar refractivity (Wildman–Crippen MR) is 79.4 cm³/mol. The lowest BCUT2D eigenvalue weighted by molar-refractivity contribution is -0.120. The maximum absolute atomic E-state index is 11.4. The monoisotopic (exact) mass is 286 g/mol. The summed E-state index contributed by atoms with van der Waals surface area (Å²) in [7, 11) is 1.59. The Morgan fingerprint density at radius 1 is 1.19 bits per heavy atom. The number of aromatic nitrogens is 1. The second kappa shape index (κ2) is 7.28. The summed E-state index contributed by atoms with van der Waals surface area (Å²) in [6, 6.07) is 11.0. The first kappa shape index (κ1) is 14.8. The third kappa shape index (κ3) is 3.95. The highest BCUT2D eigenvalue weighted by atomic mass is 16.5. The number of ether oxygens (including phenoxy) is 2. The van der Waals surface area contributed by atoms with Crippen LogP contribution in [-0.2, 0) is 11.3 Å². The summed E-state index contributed by atoms with van der Waals surface area (Å²) < 4.78 is 11.1. The third-order valence-electron chi connectivity index (χ3n) is 2.92. The van der Waals surface area contributed by atoms with Gasteiger partial charge >= 0.3 is 0 Å². The number of nitrogens with one attached hydrogen (secondary N) is 1. The average Bonchev–Trinajstić information content (AvgIpc) is 2.54. The van der Waals surface area contributed by atoms with E-state index in [1.165, 1.54) is 0 Å². The van der Waals surface area contributed by atoms with Gasteiger partial charge in [-0.15, -0.1) is 0 Å². The van der Waals surface area contributed by atoms with Crippen molar-refractivity contribution >= 4 is 5.91 Å². The first-order valence-electron chi connectivity index (χ1n) is 6.76. The molecule has 1 aromatic heterocycles. The number of nitrogens with zero attached hydrogens (tertiary/aromatic N) is 1. The van der Waals surface area contributed by atoms with Crippen LogP contribution in [0.1, 0.15) is 18.9 Å². The molecule has 5 nitrogen and oxygen atoms in total. The van der Waals surface area contributed by atoms with Crippen LogP contribution in [0.5, 0.6) is 17.4 Å². The van der Waals surface area contributed by atoms with Crippen molar-refractivity contribution in [3.05, 3.63) is 48.2 Å². The van der Waals surface area contributed by atoms with Gasteiger partial charge in [0, 0.05) is 24.7 Å². The quantitative estimate of drug-likeness (QED) is 0.887. The topological polar surface area (TPSA) is 60.5 Å². The molecule has 1 N–H and O–H groups in total. The largest absolute Gasteiger partial charge is 0.493 e. The molecule has 21 heavy (non-hydrogen) atoms. The van der Waals surface area contributed by atoms with Gasteiger partial charge < -0.3 is 14.8 Å². The van der Waals surface area contributed by atoms with E-state index >= 15 is 0 Å². The number of rotatable bonds is 6. The lowest BCUT2D eigenvalue weighted by atomic mass is 10.2.